The first-order valence-corrected chi connectivity index (χ1v) is 12.4. The van der Waals surface area contributed by atoms with Crippen molar-refractivity contribution in [1.29, 1.82) is 0 Å². The molecule has 174 valence electrons. The number of rotatable bonds is 4. The number of aromatic amines is 1. The lowest BCUT2D eigenvalue weighted by molar-refractivity contribution is -0.000986. The van der Waals surface area contributed by atoms with Crippen LogP contribution in [0.15, 0.2) is 46.2 Å². The second-order valence-electron chi connectivity index (χ2n) is 9.13. The van der Waals surface area contributed by atoms with E-state index in [1.165, 1.54) is 18.3 Å². The van der Waals surface area contributed by atoms with Crippen molar-refractivity contribution < 1.29 is 22.7 Å². The summed E-state index contributed by atoms with van der Waals surface area (Å²) in [6.07, 6.45) is 3.33. The van der Waals surface area contributed by atoms with Crippen LogP contribution in [-0.4, -0.2) is 54.9 Å². The second-order valence-corrected chi connectivity index (χ2v) is 11.1. The zero-order valence-corrected chi connectivity index (χ0v) is 19.9. The zero-order chi connectivity index (χ0) is 23.7. The van der Waals surface area contributed by atoms with E-state index in [-0.39, 0.29) is 28.7 Å². The lowest BCUT2D eigenvalue weighted by atomic mass is 10.0. The number of carbonyl (C=O) groups excluding carboxylic acids is 1. The molecule has 2 atom stereocenters. The van der Waals surface area contributed by atoms with Gasteiger partial charge in [0.1, 0.15) is 17.5 Å². The maximum Gasteiger partial charge on any atom is 0.410 e. The molecule has 32 heavy (non-hydrogen) atoms. The Balaban J connectivity index is 1.78. The van der Waals surface area contributed by atoms with Gasteiger partial charge < -0.3 is 19.4 Å². The molecule has 0 spiro atoms. The predicted octanol–water partition coefficient (Wildman–Crippen LogP) is 3.61. The third-order valence-electron chi connectivity index (χ3n) is 5.24. The summed E-state index contributed by atoms with van der Waals surface area (Å²) in [6.45, 7) is 7.94. The minimum atomic E-state index is -3.33. The topological polar surface area (TPSA) is 106 Å². The van der Waals surface area contributed by atoms with Gasteiger partial charge >= 0.3 is 6.09 Å². The number of hydrogen-bond acceptors (Lipinski definition) is 6. The lowest BCUT2D eigenvalue weighted by Crippen LogP contribution is -2.49. The van der Waals surface area contributed by atoms with Crippen LogP contribution in [-0.2, 0) is 14.6 Å². The van der Waals surface area contributed by atoms with Gasteiger partial charge in [-0.3, -0.25) is 4.79 Å². The van der Waals surface area contributed by atoms with Crippen molar-refractivity contribution in [3.8, 4) is 16.9 Å². The maximum atomic E-state index is 12.6. The highest BCUT2D eigenvalue weighted by Gasteiger charge is 2.33. The number of aromatic nitrogens is 1. The number of amides is 1. The number of likely N-dealkylation sites (tertiary alicyclic amines) is 1. The van der Waals surface area contributed by atoms with Crippen molar-refractivity contribution in [2.24, 2.45) is 0 Å². The van der Waals surface area contributed by atoms with Crippen LogP contribution in [0.5, 0.6) is 5.75 Å². The van der Waals surface area contributed by atoms with Crippen LogP contribution in [0.25, 0.3) is 11.1 Å². The number of ether oxygens (including phenoxy) is 2. The summed E-state index contributed by atoms with van der Waals surface area (Å²) in [6, 6.07) is 7.75. The molecule has 1 N–H and O–H groups in total. The quantitative estimate of drug-likeness (QED) is 0.744. The normalized spacial score (nSPS) is 19.5. The average Bonchev–Trinajstić information content (AvgIpc) is 2.66. The van der Waals surface area contributed by atoms with Gasteiger partial charge in [0.25, 0.3) is 5.56 Å². The molecule has 0 saturated carbocycles. The molecule has 8 nitrogen and oxygen atoms in total. The fourth-order valence-corrected chi connectivity index (χ4v) is 4.34. The van der Waals surface area contributed by atoms with E-state index in [4.69, 9.17) is 9.47 Å². The summed E-state index contributed by atoms with van der Waals surface area (Å²) in [5.74, 6) is 0.420. The summed E-state index contributed by atoms with van der Waals surface area (Å²) < 4.78 is 35.1. The van der Waals surface area contributed by atoms with Crippen LogP contribution in [0, 0.1) is 0 Å². The van der Waals surface area contributed by atoms with Gasteiger partial charge in [-0.2, -0.15) is 0 Å². The number of pyridine rings is 1. The largest absolute Gasteiger partial charge is 0.489 e. The molecule has 3 rings (SSSR count). The first-order valence-electron chi connectivity index (χ1n) is 10.5. The molecule has 0 unspecified atom stereocenters. The number of benzene rings is 1. The van der Waals surface area contributed by atoms with E-state index in [9.17, 15) is 18.0 Å². The van der Waals surface area contributed by atoms with E-state index < -0.39 is 15.4 Å². The van der Waals surface area contributed by atoms with Gasteiger partial charge in [-0.1, -0.05) is 12.1 Å². The van der Waals surface area contributed by atoms with Crippen LogP contribution in [0.3, 0.4) is 0 Å². The molecule has 0 bridgehead atoms. The van der Waals surface area contributed by atoms with Crippen molar-refractivity contribution in [2.45, 2.75) is 63.2 Å². The summed E-state index contributed by atoms with van der Waals surface area (Å²) in [5.41, 5.74) is 0.0219. The van der Waals surface area contributed by atoms with Gasteiger partial charge in [0.15, 0.2) is 9.84 Å². The minimum absolute atomic E-state index is 0.0805. The highest BCUT2D eigenvalue weighted by molar-refractivity contribution is 7.90. The van der Waals surface area contributed by atoms with E-state index in [0.717, 1.165) is 6.26 Å². The Morgan fingerprint density at radius 2 is 1.81 bits per heavy atom. The molecule has 0 aliphatic carbocycles. The van der Waals surface area contributed by atoms with E-state index in [1.807, 2.05) is 27.7 Å². The predicted molar refractivity (Wildman–Crippen MR) is 122 cm³/mol. The fourth-order valence-electron chi connectivity index (χ4n) is 3.71. The SMILES string of the molecule is C[C@@H]1C[C@H](Oc2cc[nH]c(=O)c2-c2ccc(S(C)(=O)=O)cc2)CCN1C(=O)OC(C)(C)C. The van der Waals surface area contributed by atoms with Crippen molar-refractivity contribution in [3.05, 3.63) is 46.9 Å². The number of carbonyl (C=O) groups is 1. The molecular formula is C23H30N2O6S. The van der Waals surface area contributed by atoms with Crippen LogP contribution < -0.4 is 10.3 Å². The van der Waals surface area contributed by atoms with Crippen molar-refractivity contribution in [3.63, 3.8) is 0 Å². The summed E-state index contributed by atoms with van der Waals surface area (Å²) in [7, 11) is -3.33. The molecule has 1 fully saturated rings. The third-order valence-corrected chi connectivity index (χ3v) is 6.37. The Morgan fingerprint density at radius 3 is 2.38 bits per heavy atom. The molecule has 1 aromatic carbocycles. The van der Waals surface area contributed by atoms with Crippen LogP contribution in [0.2, 0.25) is 0 Å². The zero-order valence-electron chi connectivity index (χ0n) is 19.0. The summed E-state index contributed by atoms with van der Waals surface area (Å²) in [5, 5.41) is 0. The second kappa shape index (κ2) is 8.97. The first kappa shape index (κ1) is 23.8. The van der Waals surface area contributed by atoms with Gasteiger partial charge in [-0.25, -0.2) is 13.2 Å². The van der Waals surface area contributed by atoms with Gasteiger partial charge in [-0.05, 0) is 51.5 Å². The van der Waals surface area contributed by atoms with Crippen molar-refractivity contribution in [2.75, 3.05) is 12.8 Å². The lowest BCUT2D eigenvalue weighted by Gasteiger charge is -2.38. The number of H-pyrrole nitrogens is 1. The van der Waals surface area contributed by atoms with E-state index in [2.05, 4.69) is 4.98 Å². The van der Waals surface area contributed by atoms with Gasteiger partial charge in [0, 0.05) is 37.9 Å². The molecular weight excluding hydrogens is 432 g/mol. The molecule has 1 amide bonds. The molecule has 1 aliphatic heterocycles. The number of sulfone groups is 1. The fraction of sp³-hybridized carbons (Fsp3) is 0.478. The number of hydrogen-bond donors (Lipinski definition) is 1. The van der Waals surface area contributed by atoms with Gasteiger partial charge in [0.05, 0.1) is 10.5 Å². The summed E-state index contributed by atoms with van der Waals surface area (Å²) >= 11 is 0. The van der Waals surface area contributed by atoms with Crippen LogP contribution >= 0.6 is 0 Å². The highest BCUT2D eigenvalue weighted by atomic mass is 32.2. The van der Waals surface area contributed by atoms with Crippen LogP contribution in [0.4, 0.5) is 4.79 Å². The van der Waals surface area contributed by atoms with E-state index in [0.29, 0.717) is 36.3 Å². The van der Waals surface area contributed by atoms with E-state index in [1.54, 1.807) is 23.1 Å². The molecule has 1 aliphatic rings. The third kappa shape index (κ3) is 5.70. The molecule has 1 aromatic heterocycles. The number of nitrogens with zero attached hydrogens (tertiary/aromatic N) is 1. The molecule has 0 radical (unpaired) electrons. The van der Waals surface area contributed by atoms with Crippen molar-refractivity contribution in [1.82, 2.24) is 9.88 Å². The molecule has 2 heterocycles. The molecule has 1 saturated heterocycles. The van der Waals surface area contributed by atoms with Crippen molar-refractivity contribution >= 4 is 15.9 Å². The Hall–Kier alpha value is -2.81. The number of nitrogens with one attached hydrogen (secondary N) is 1. The average molecular weight is 463 g/mol. The van der Waals surface area contributed by atoms with E-state index >= 15 is 0 Å². The highest BCUT2D eigenvalue weighted by Crippen LogP contribution is 2.30. The molecule has 9 heteroatoms. The standard InChI is InChI=1S/C23H30N2O6S/c1-15-14-17(11-13-25(15)22(27)31-23(2,3)4)30-19-10-12-24-21(26)20(19)16-6-8-18(9-7-16)32(5,28)29/h6-10,12,15,17H,11,13-14H2,1-5H3,(H,24,26)/t15-,17-/m1/s1. The maximum absolute atomic E-state index is 12.6. The monoisotopic (exact) mass is 462 g/mol. The van der Waals surface area contributed by atoms with Gasteiger partial charge in [0.2, 0.25) is 0 Å². The summed E-state index contributed by atoms with van der Waals surface area (Å²) in [4.78, 5) is 29.6. The Labute approximate surface area is 188 Å². The Kier molecular flexibility index (Phi) is 6.69. The minimum Gasteiger partial charge on any atom is -0.489 e. The number of piperidine rings is 1. The molecule has 2 aromatic rings. The van der Waals surface area contributed by atoms with Gasteiger partial charge in [-0.15, -0.1) is 0 Å². The first-order chi connectivity index (χ1) is 14.8. The Bertz CT molecular complexity index is 1130. The Morgan fingerprint density at radius 1 is 1.16 bits per heavy atom. The smallest absolute Gasteiger partial charge is 0.410 e. The van der Waals surface area contributed by atoms with Crippen LogP contribution in [0.1, 0.15) is 40.5 Å².